The van der Waals surface area contributed by atoms with Crippen LogP contribution < -0.4 is 0 Å². The average Bonchev–Trinajstić information content (AvgIpc) is 2.26. The van der Waals surface area contributed by atoms with Crippen molar-refractivity contribution in [1.82, 2.24) is 0 Å². The average molecular weight is 229 g/mol. The molecule has 0 saturated carbocycles. The molecular formula is C14H15NO2. The highest BCUT2D eigenvalue weighted by Gasteiger charge is 2.26. The van der Waals surface area contributed by atoms with E-state index in [1.54, 1.807) is 0 Å². The Labute approximate surface area is 100 Å². The van der Waals surface area contributed by atoms with Crippen LogP contribution in [0.1, 0.15) is 26.3 Å². The fourth-order valence-electron chi connectivity index (χ4n) is 2.06. The standard InChI is InChI=1S/C14H15NO2/c1-14(2,3)12-9-8-10-6-4-5-7-11(10)13(12)15(16)17/h4-9H,1-3H3. The predicted molar refractivity (Wildman–Crippen MR) is 69.3 cm³/mol. The highest BCUT2D eigenvalue weighted by Crippen LogP contribution is 2.36. The third kappa shape index (κ3) is 2.00. The molecule has 0 bridgehead atoms. The first-order valence-corrected chi connectivity index (χ1v) is 5.58. The van der Waals surface area contributed by atoms with Crippen molar-refractivity contribution in [2.75, 3.05) is 0 Å². The van der Waals surface area contributed by atoms with E-state index < -0.39 is 0 Å². The zero-order chi connectivity index (χ0) is 12.6. The van der Waals surface area contributed by atoms with Gasteiger partial charge in [-0.05, 0) is 16.9 Å². The number of benzene rings is 2. The molecule has 0 aliphatic heterocycles. The highest BCUT2D eigenvalue weighted by molar-refractivity contribution is 5.92. The molecule has 17 heavy (non-hydrogen) atoms. The minimum Gasteiger partial charge on any atom is -0.258 e. The van der Waals surface area contributed by atoms with Crippen molar-refractivity contribution in [2.24, 2.45) is 0 Å². The van der Waals surface area contributed by atoms with Crippen molar-refractivity contribution in [3.8, 4) is 0 Å². The van der Waals surface area contributed by atoms with Crippen LogP contribution in [-0.2, 0) is 5.41 Å². The molecule has 0 N–H and O–H groups in total. The molecular weight excluding hydrogens is 214 g/mol. The van der Waals surface area contributed by atoms with Crippen molar-refractivity contribution >= 4 is 16.5 Å². The summed E-state index contributed by atoms with van der Waals surface area (Å²) in [5.74, 6) is 0. The minimum absolute atomic E-state index is 0.230. The van der Waals surface area contributed by atoms with E-state index in [0.29, 0.717) is 5.39 Å². The van der Waals surface area contributed by atoms with Crippen LogP contribution in [0, 0.1) is 10.1 Å². The van der Waals surface area contributed by atoms with Gasteiger partial charge >= 0.3 is 0 Å². The van der Waals surface area contributed by atoms with Crippen molar-refractivity contribution in [2.45, 2.75) is 26.2 Å². The van der Waals surface area contributed by atoms with E-state index in [1.807, 2.05) is 57.2 Å². The number of nitro groups is 1. The molecule has 0 aliphatic carbocycles. The van der Waals surface area contributed by atoms with Gasteiger partial charge in [0.15, 0.2) is 0 Å². The van der Waals surface area contributed by atoms with E-state index in [2.05, 4.69) is 0 Å². The summed E-state index contributed by atoms with van der Waals surface area (Å²) in [5, 5.41) is 12.9. The van der Waals surface area contributed by atoms with Crippen LogP contribution in [0.4, 0.5) is 5.69 Å². The Morgan fingerprint density at radius 3 is 2.29 bits per heavy atom. The Balaban J connectivity index is 2.87. The quantitative estimate of drug-likeness (QED) is 0.547. The van der Waals surface area contributed by atoms with E-state index in [4.69, 9.17) is 0 Å². The summed E-state index contributed by atoms with van der Waals surface area (Å²) in [4.78, 5) is 11.0. The zero-order valence-corrected chi connectivity index (χ0v) is 10.2. The van der Waals surface area contributed by atoms with Crippen molar-refractivity contribution in [1.29, 1.82) is 0 Å². The van der Waals surface area contributed by atoms with Crippen molar-refractivity contribution < 1.29 is 4.92 Å². The second-order valence-electron chi connectivity index (χ2n) is 5.19. The van der Waals surface area contributed by atoms with Gasteiger partial charge in [-0.2, -0.15) is 0 Å². The smallest absolute Gasteiger partial charge is 0.258 e. The largest absolute Gasteiger partial charge is 0.280 e. The monoisotopic (exact) mass is 229 g/mol. The molecule has 0 unspecified atom stereocenters. The molecule has 3 heteroatoms. The van der Waals surface area contributed by atoms with Gasteiger partial charge in [0.05, 0.1) is 10.3 Å². The Morgan fingerprint density at radius 1 is 1.06 bits per heavy atom. The summed E-state index contributed by atoms with van der Waals surface area (Å²) in [6.45, 7) is 5.97. The summed E-state index contributed by atoms with van der Waals surface area (Å²) < 4.78 is 0. The maximum atomic E-state index is 11.3. The van der Waals surface area contributed by atoms with Crippen LogP contribution in [0.2, 0.25) is 0 Å². The van der Waals surface area contributed by atoms with Crippen molar-refractivity contribution in [3.05, 3.63) is 52.1 Å². The van der Waals surface area contributed by atoms with Gasteiger partial charge < -0.3 is 0 Å². The lowest BCUT2D eigenvalue weighted by molar-refractivity contribution is -0.384. The first-order chi connectivity index (χ1) is 7.91. The van der Waals surface area contributed by atoms with E-state index in [9.17, 15) is 10.1 Å². The summed E-state index contributed by atoms with van der Waals surface area (Å²) in [6, 6.07) is 11.2. The van der Waals surface area contributed by atoms with Gasteiger partial charge in [-0.15, -0.1) is 0 Å². The normalized spacial score (nSPS) is 11.7. The molecule has 2 rings (SSSR count). The van der Waals surface area contributed by atoms with Crippen LogP contribution in [0.3, 0.4) is 0 Å². The van der Waals surface area contributed by atoms with E-state index in [-0.39, 0.29) is 16.0 Å². The zero-order valence-electron chi connectivity index (χ0n) is 10.2. The molecule has 0 aromatic heterocycles. The van der Waals surface area contributed by atoms with E-state index in [1.165, 1.54) is 0 Å². The molecule has 0 amide bonds. The predicted octanol–water partition coefficient (Wildman–Crippen LogP) is 4.05. The fraction of sp³-hybridized carbons (Fsp3) is 0.286. The molecule has 0 spiro atoms. The molecule has 2 aromatic carbocycles. The van der Waals surface area contributed by atoms with Gasteiger partial charge in [0.1, 0.15) is 0 Å². The first-order valence-electron chi connectivity index (χ1n) is 5.58. The van der Waals surface area contributed by atoms with Gasteiger partial charge in [0.2, 0.25) is 0 Å². The highest BCUT2D eigenvalue weighted by atomic mass is 16.6. The number of hydrogen-bond acceptors (Lipinski definition) is 2. The van der Waals surface area contributed by atoms with Crippen molar-refractivity contribution in [3.63, 3.8) is 0 Å². The maximum Gasteiger partial charge on any atom is 0.280 e. The number of nitro benzene ring substituents is 1. The molecule has 0 atom stereocenters. The Hall–Kier alpha value is -1.90. The van der Waals surface area contributed by atoms with Gasteiger partial charge in [0.25, 0.3) is 5.69 Å². The maximum absolute atomic E-state index is 11.3. The van der Waals surface area contributed by atoms with Crippen LogP contribution in [0.15, 0.2) is 36.4 Å². The summed E-state index contributed by atoms with van der Waals surface area (Å²) in [6.07, 6.45) is 0. The molecule has 0 radical (unpaired) electrons. The Morgan fingerprint density at radius 2 is 1.71 bits per heavy atom. The SMILES string of the molecule is CC(C)(C)c1ccc2ccccc2c1[N+](=O)[O-]. The summed E-state index contributed by atoms with van der Waals surface area (Å²) >= 11 is 0. The van der Waals surface area contributed by atoms with E-state index >= 15 is 0 Å². The van der Waals surface area contributed by atoms with Gasteiger partial charge in [0, 0.05) is 5.56 Å². The first kappa shape index (κ1) is 11.6. The van der Waals surface area contributed by atoms with Gasteiger partial charge in [-0.1, -0.05) is 51.1 Å². The molecule has 0 heterocycles. The molecule has 88 valence electrons. The molecule has 3 nitrogen and oxygen atoms in total. The number of nitrogens with zero attached hydrogens (tertiary/aromatic N) is 1. The fourth-order valence-corrected chi connectivity index (χ4v) is 2.06. The lowest BCUT2D eigenvalue weighted by atomic mass is 9.84. The van der Waals surface area contributed by atoms with Gasteiger partial charge in [-0.3, -0.25) is 10.1 Å². The summed E-state index contributed by atoms with van der Waals surface area (Å²) in [5.41, 5.74) is 0.781. The topological polar surface area (TPSA) is 43.1 Å². The minimum atomic E-state index is -0.275. The lowest BCUT2D eigenvalue weighted by Crippen LogP contribution is -2.13. The number of hydrogen-bond donors (Lipinski definition) is 0. The Kier molecular flexibility index (Phi) is 2.62. The number of rotatable bonds is 1. The molecule has 0 saturated heterocycles. The van der Waals surface area contributed by atoms with Crippen LogP contribution >= 0.6 is 0 Å². The second-order valence-corrected chi connectivity index (χ2v) is 5.19. The van der Waals surface area contributed by atoms with E-state index in [0.717, 1.165) is 10.9 Å². The van der Waals surface area contributed by atoms with Crippen LogP contribution in [0.5, 0.6) is 0 Å². The lowest BCUT2D eigenvalue weighted by Gasteiger charge is -2.19. The number of fused-ring (bicyclic) bond motifs is 1. The molecule has 0 aliphatic rings. The second kappa shape index (κ2) is 3.84. The van der Waals surface area contributed by atoms with Gasteiger partial charge in [-0.25, -0.2) is 0 Å². The van der Waals surface area contributed by atoms with Crippen LogP contribution in [-0.4, -0.2) is 4.92 Å². The van der Waals surface area contributed by atoms with Crippen LogP contribution in [0.25, 0.3) is 10.8 Å². The Bertz CT molecular complexity index is 582. The summed E-state index contributed by atoms with van der Waals surface area (Å²) in [7, 11) is 0. The molecule has 0 fully saturated rings. The third-order valence-corrected chi connectivity index (χ3v) is 2.89. The molecule has 2 aromatic rings. The third-order valence-electron chi connectivity index (χ3n) is 2.89.